The number of nitrogens with zero attached hydrogens (tertiary/aromatic N) is 2. The van der Waals surface area contributed by atoms with Gasteiger partial charge in [0, 0.05) is 48.4 Å². The largest absolute Gasteiger partial charge is 0.467 e. The summed E-state index contributed by atoms with van der Waals surface area (Å²) in [5.41, 5.74) is 3.00. The van der Waals surface area contributed by atoms with Crippen molar-refractivity contribution in [1.29, 1.82) is 0 Å². The Labute approximate surface area is 224 Å². The Hall–Kier alpha value is -4.66. The van der Waals surface area contributed by atoms with Crippen LogP contribution in [0.1, 0.15) is 44.5 Å². The number of rotatable bonds is 6. The summed E-state index contributed by atoms with van der Waals surface area (Å²) >= 11 is 0. The van der Waals surface area contributed by atoms with Crippen LogP contribution in [0.3, 0.4) is 0 Å². The number of carbonyl (C=O) groups is 2. The van der Waals surface area contributed by atoms with Crippen LogP contribution in [0.2, 0.25) is 0 Å². The predicted molar refractivity (Wildman–Crippen MR) is 144 cm³/mol. The summed E-state index contributed by atoms with van der Waals surface area (Å²) in [6.07, 6.45) is 2.53. The number of benzene rings is 2. The third-order valence-corrected chi connectivity index (χ3v) is 7.44. The Balaban J connectivity index is 1.30. The lowest BCUT2D eigenvalue weighted by Gasteiger charge is -2.44. The van der Waals surface area contributed by atoms with Crippen LogP contribution in [-0.4, -0.2) is 29.5 Å². The van der Waals surface area contributed by atoms with E-state index in [1.165, 1.54) is 24.3 Å². The molecule has 2 N–H and O–H groups in total. The lowest BCUT2D eigenvalue weighted by molar-refractivity contribution is 0.0946. The van der Waals surface area contributed by atoms with Gasteiger partial charge in [0.25, 0.3) is 17.4 Å². The molecule has 0 aliphatic carbocycles. The number of amides is 2. The number of carbonyl (C=O) groups excluding carboxylic acids is 2. The van der Waals surface area contributed by atoms with Crippen LogP contribution in [0.15, 0.2) is 88.3 Å². The molecule has 0 spiro atoms. The zero-order valence-electron chi connectivity index (χ0n) is 21.1. The molecule has 0 saturated carbocycles. The lowest BCUT2D eigenvalue weighted by Crippen LogP contribution is -2.47. The van der Waals surface area contributed by atoms with Gasteiger partial charge in [-0.2, -0.15) is 0 Å². The Morgan fingerprint density at radius 1 is 0.923 bits per heavy atom. The Kier molecular flexibility index (Phi) is 6.48. The summed E-state index contributed by atoms with van der Waals surface area (Å²) in [5, 5.41) is 5.78. The molecule has 6 rings (SSSR count). The fraction of sp³-hybridized carbons (Fsp3) is 0.233. The van der Waals surface area contributed by atoms with Gasteiger partial charge in [0.1, 0.15) is 11.6 Å². The molecule has 2 amide bonds. The number of anilines is 2. The van der Waals surface area contributed by atoms with Gasteiger partial charge < -0.3 is 24.5 Å². The van der Waals surface area contributed by atoms with E-state index in [0.29, 0.717) is 42.2 Å². The van der Waals surface area contributed by atoms with Crippen molar-refractivity contribution in [2.45, 2.75) is 25.4 Å². The molecule has 1 fully saturated rings. The summed E-state index contributed by atoms with van der Waals surface area (Å²) < 4.78 is 20.6. The van der Waals surface area contributed by atoms with E-state index in [9.17, 15) is 18.8 Å². The van der Waals surface area contributed by atoms with Gasteiger partial charge in [0.15, 0.2) is 0 Å². The van der Waals surface area contributed by atoms with E-state index < -0.39 is 11.7 Å². The average Bonchev–Trinajstić information content (AvgIpc) is 3.46. The number of furan rings is 1. The van der Waals surface area contributed by atoms with E-state index in [-0.39, 0.29) is 29.8 Å². The zero-order chi connectivity index (χ0) is 26.9. The number of hydrogen-bond acceptors (Lipinski definition) is 5. The number of pyridine rings is 1. The number of fused-ring (bicyclic) bond motifs is 4. The van der Waals surface area contributed by atoms with Gasteiger partial charge in [-0.1, -0.05) is 6.07 Å². The van der Waals surface area contributed by atoms with Gasteiger partial charge in [0.2, 0.25) is 0 Å². The van der Waals surface area contributed by atoms with Crippen molar-refractivity contribution in [3.63, 3.8) is 0 Å². The molecule has 9 heteroatoms. The summed E-state index contributed by atoms with van der Waals surface area (Å²) in [4.78, 5) is 40.7. The van der Waals surface area contributed by atoms with Crippen LogP contribution in [0, 0.1) is 11.7 Å². The summed E-state index contributed by atoms with van der Waals surface area (Å²) in [5.74, 6) is -0.0695. The van der Waals surface area contributed by atoms with Gasteiger partial charge in [-0.05, 0) is 73.0 Å². The van der Waals surface area contributed by atoms with Crippen LogP contribution in [0.25, 0.3) is 0 Å². The van der Waals surface area contributed by atoms with Crippen molar-refractivity contribution in [2.75, 3.05) is 23.3 Å². The third-order valence-electron chi connectivity index (χ3n) is 7.44. The molecule has 2 aromatic carbocycles. The van der Waals surface area contributed by atoms with Gasteiger partial charge in [-0.25, -0.2) is 4.39 Å². The number of nitrogens with one attached hydrogen (secondary N) is 2. The molecule has 0 unspecified atom stereocenters. The number of halogens is 1. The molecule has 8 nitrogen and oxygen atoms in total. The van der Waals surface area contributed by atoms with Gasteiger partial charge in [-0.3, -0.25) is 14.4 Å². The molecular weight excluding hydrogens is 499 g/mol. The minimum atomic E-state index is -0.429. The minimum Gasteiger partial charge on any atom is -0.467 e. The minimum absolute atomic E-state index is 0.0211. The molecule has 0 radical (unpaired) electrons. The maximum atomic E-state index is 13.4. The maximum Gasteiger partial charge on any atom is 0.255 e. The lowest BCUT2D eigenvalue weighted by atomic mass is 9.83. The molecule has 2 aliphatic heterocycles. The Morgan fingerprint density at radius 2 is 1.74 bits per heavy atom. The van der Waals surface area contributed by atoms with E-state index >= 15 is 0 Å². The van der Waals surface area contributed by atoms with Gasteiger partial charge in [0.05, 0.1) is 24.2 Å². The third kappa shape index (κ3) is 5.07. The highest BCUT2D eigenvalue weighted by Gasteiger charge is 2.35. The van der Waals surface area contributed by atoms with Crippen molar-refractivity contribution in [2.24, 2.45) is 5.92 Å². The van der Waals surface area contributed by atoms with E-state index in [2.05, 4.69) is 15.5 Å². The fourth-order valence-electron chi connectivity index (χ4n) is 5.62. The Bertz CT molecular complexity index is 1580. The SMILES string of the molecule is O=C(NCc1ccco1)c1ccc(N2C[C@@H]3C[C@H](C2)c2cccc(=O)n2C3)c(NC(=O)c2ccc(F)cc2)c1. The highest BCUT2D eigenvalue weighted by molar-refractivity contribution is 6.07. The van der Waals surface area contributed by atoms with Crippen molar-refractivity contribution in [3.05, 3.63) is 118 Å². The van der Waals surface area contributed by atoms with E-state index in [1.807, 2.05) is 16.7 Å². The fourth-order valence-corrected chi connectivity index (χ4v) is 5.62. The normalized spacial score (nSPS) is 17.8. The monoisotopic (exact) mass is 526 g/mol. The molecule has 39 heavy (non-hydrogen) atoms. The number of hydrogen-bond donors (Lipinski definition) is 2. The quantitative estimate of drug-likeness (QED) is 0.389. The van der Waals surface area contributed by atoms with Crippen molar-refractivity contribution in [1.82, 2.24) is 9.88 Å². The molecule has 4 aromatic rings. The molecule has 2 bridgehead atoms. The second-order valence-electron chi connectivity index (χ2n) is 10.1. The van der Waals surface area contributed by atoms with Gasteiger partial charge >= 0.3 is 0 Å². The molecule has 198 valence electrons. The molecule has 1 saturated heterocycles. The summed E-state index contributed by atoms with van der Waals surface area (Å²) in [7, 11) is 0. The van der Waals surface area contributed by atoms with E-state index in [1.54, 1.807) is 42.7 Å². The smallest absolute Gasteiger partial charge is 0.255 e. The maximum absolute atomic E-state index is 13.4. The summed E-state index contributed by atoms with van der Waals surface area (Å²) in [6, 6.07) is 19.5. The highest BCUT2D eigenvalue weighted by atomic mass is 19.1. The standard InChI is InChI=1S/C30H27FN4O4/c31-23-9-6-20(7-10-23)30(38)33-25-14-21(29(37)32-15-24-3-2-12-39-24)8-11-27(25)34-16-19-13-22(18-34)26-4-1-5-28(36)35(26)17-19/h1-12,14,19,22H,13,15-18H2,(H,32,37)(H,33,38)/t19-,22+/m0/s1. The molecule has 4 heterocycles. The Morgan fingerprint density at radius 3 is 2.54 bits per heavy atom. The molecule has 2 aromatic heterocycles. The number of aromatic nitrogens is 1. The molecule has 2 atom stereocenters. The van der Waals surface area contributed by atoms with Crippen LogP contribution in [0.5, 0.6) is 0 Å². The van der Waals surface area contributed by atoms with Gasteiger partial charge in [-0.15, -0.1) is 0 Å². The first-order chi connectivity index (χ1) is 18.9. The van der Waals surface area contributed by atoms with Crippen molar-refractivity contribution >= 4 is 23.2 Å². The highest BCUT2D eigenvalue weighted by Crippen LogP contribution is 2.39. The first-order valence-corrected chi connectivity index (χ1v) is 12.9. The first kappa shape index (κ1) is 24.7. The van der Waals surface area contributed by atoms with Crippen molar-refractivity contribution in [3.8, 4) is 0 Å². The van der Waals surface area contributed by atoms with E-state index in [4.69, 9.17) is 4.42 Å². The second-order valence-corrected chi connectivity index (χ2v) is 10.1. The van der Waals surface area contributed by atoms with Crippen molar-refractivity contribution < 1.29 is 18.4 Å². The number of piperidine rings is 1. The average molecular weight is 527 g/mol. The molecular formula is C30H27FN4O4. The van der Waals surface area contributed by atoms with Crippen LogP contribution >= 0.6 is 0 Å². The zero-order valence-corrected chi connectivity index (χ0v) is 21.1. The second kappa shape index (κ2) is 10.2. The first-order valence-electron chi connectivity index (χ1n) is 12.9. The van der Waals surface area contributed by atoms with E-state index in [0.717, 1.165) is 17.8 Å². The topological polar surface area (TPSA) is 96.6 Å². The predicted octanol–water partition coefficient (Wildman–Crippen LogP) is 4.39. The van der Waals surface area contributed by atoms with Crippen LogP contribution in [0.4, 0.5) is 15.8 Å². The van der Waals surface area contributed by atoms with Crippen LogP contribution < -0.4 is 21.1 Å². The van der Waals surface area contributed by atoms with Crippen LogP contribution in [-0.2, 0) is 13.1 Å². The summed E-state index contributed by atoms with van der Waals surface area (Å²) in [6.45, 7) is 2.26. The molecule has 2 aliphatic rings.